The minimum absolute atomic E-state index is 0.244. The maximum Gasteiger partial charge on any atom is 0.415 e. The Kier molecular flexibility index (Phi) is 5.14. The molecule has 1 saturated heterocycles. The summed E-state index contributed by atoms with van der Waals surface area (Å²) in [7, 11) is 0. The maximum absolute atomic E-state index is 14.7. The summed E-state index contributed by atoms with van der Waals surface area (Å²) in [5.74, 6) is -5.12. The number of nitrogens with one attached hydrogen (secondary N) is 1. The van der Waals surface area contributed by atoms with Gasteiger partial charge in [0.15, 0.2) is 6.10 Å². The normalized spacial score (nSPS) is 26.2. The maximum atomic E-state index is 14.7. The molecule has 162 valence electrons. The van der Waals surface area contributed by atoms with Crippen LogP contribution in [0.4, 0.5) is 28.0 Å². The summed E-state index contributed by atoms with van der Waals surface area (Å²) < 4.78 is 60.2. The first-order valence-electron chi connectivity index (χ1n) is 8.46. The summed E-state index contributed by atoms with van der Waals surface area (Å²) in [6, 6.07) is 2.13. The van der Waals surface area contributed by atoms with Crippen molar-refractivity contribution in [2.45, 2.75) is 24.7 Å². The Morgan fingerprint density at radius 2 is 2.17 bits per heavy atom. The van der Waals surface area contributed by atoms with Crippen LogP contribution in [-0.2, 0) is 15.1 Å². The Labute approximate surface area is 165 Å². The third-order valence-corrected chi connectivity index (χ3v) is 4.88. The zero-order valence-corrected chi connectivity index (χ0v) is 15.1. The van der Waals surface area contributed by atoms with Crippen molar-refractivity contribution in [2.75, 3.05) is 13.2 Å². The number of aliphatic imine (C=N–C) groups is 1. The van der Waals surface area contributed by atoms with E-state index in [1.807, 2.05) is 5.32 Å². The number of carbonyl (C=O) groups is 2. The van der Waals surface area contributed by atoms with Crippen molar-refractivity contribution in [1.82, 2.24) is 10.2 Å². The van der Waals surface area contributed by atoms with E-state index in [0.29, 0.717) is 17.0 Å². The largest absolute Gasteiger partial charge is 0.465 e. The molecule has 0 radical (unpaired) electrons. The van der Waals surface area contributed by atoms with Crippen molar-refractivity contribution in [3.05, 3.63) is 39.7 Å². The topological polar surface area (TPSA) is 134 Å². The molecule has 3 rings (SSSR count). The molecular weight excluding hydrogens is 420 g/mol. The lowest BCUT2D eigenvalue weighted by Crippen LogP contribution is -2.60. The first-order chi connectivity index (χ1) is 13.9. The van der Waals surface area contributed by atoms with Gasteiger partial charge in [-0.05, 0) is 13.0 Å². The van der Waals surface area contributed by atoms with Crippen LogP contribution in [0.25, 0.3) is 0 Å². The van der Waals surface area contributed by atoms with Crippen LogP contribution < -0.4 is 5.32 Å². The molecule has 1 fully saturated rings. The highest BCUT2D eigenvalue weighted by Gasteiger charge is 2.66. The highest BCUT2D eigenvalue weighted by Crippen LogP contribution is 2.51. The van der Waals surface area contributed by atoms with Gasteiger partial charge < -0.3 is 9.84 Å². The number of rotatable bonds is 3. The van der Waals surface area contributed by atoms with Crippen LogP contribution in [0.5, 0.6) is 0 Å². The van der Waals surface area contributed by atoms with E-state index in [0.717, 1.165) is 6.07 Å². The van der Waals surface area contributed by atoms with Gasteiger partial charge in [0, 0.05) is 24.2 Å². The molecule has 0 aliphatic carbocycles. The number of guanidine groups is 1. The van der Waals surface area contributed by atoms with E-state index < -0.39 is 70.3 Å². The van der Waals surface area contributed by atoms with E-state index in [9.17, 15) is 37.3 Å². The van der Waals surface area contributed by atoms with E-state index in [4.69, 9.17) is 9.84 Å². The first-order valence-corrected chi connectivity index (χ1v) is 8.46. The molecule has 3 atom stereocenters. The highest BCUT2D eigenvalue weighted by molar-refractivity contribution is 6.06. The van der Waals surface area contributed by atoms with Crippen LogP contribution in [0.3, 0.4) is 0 Å². The van der Waals surface area contributed by atoms with E-state index in [-0.39, 0.29) is 6.54 Å². The van der Waals surface area contributed by atoms with Crippen molar-refractivity contribution in [3.8, 4) is 0 Å². The van der Waals surface area contributed by atoms with Crippen LogP contribution in [0.15, 0.2) is 23.2 Å². The number of non-ortho nitro benzene ring substituents is 1. The highest BCUT2D eigenvalue weighted by atomic mass is 19.4. The smallest absolute Gasteiger partial charge is 0.415 e. The third kappa shape index (κ3) is 3.32. The van der Waals surface area contributed by atoms with Crippen LogP contribution >= 0.6 is 0 Å². The quantitative estimate of drug-likeness (QED) is 0.425. The number of hydrogen-bond donors (Lipinski definition) is 2. The average Bonchev–Trinajstić information content (AvgIpc) is 3.02. The van der Waals surface area contributed by atoms with Crippen molar-refractivity contribution >= 4 is 23.6 Å². The van der Waals surface area contributed by atoms with Gasteiger partial charge in [-0.2, -0.15) is 13.2 Å². The van der Waals surface area contributed by atoms with Crippen LogP contribution in [-0.4, -0.2) is 58.3 Å². The van der Waals surface area contributed by atoms with Gasteiger partial charge in [0.1, 0.15) is 17.3 Å². The van der Waals surface area contributed by atoms with Gasteiger partial charge in [0.05, 0.1) is 11.5 Å². The van der Waals surface area contributed by atoms with E-state index >= 15 is 0 Å². The number of ether oxygens (including phenoxy) is 1. The van der Waals surface area contributed by atoms with Crippen molar-refractivity contribution in [1.29, 1.82) is 0 Å². The molecule has 1 aromatic rings. The van der Waals surface area contributed by atoms with E-state index in [2.05, 4.69) is 4.99 Å². The Bertz CT molecular complexity index is 952. The molecule has 0 spiro atoms. The van der Waals surface area contributed by atoms with Gasteiger partial charge in [-0.25, -0.2) is 14.2 Å². The summed E-state index contributed by atoms with van der Waals surface area (Å²) in [5, 5.41) is 21.9. The second-order valence-corrected chi connectivity index (χ2v) is 6.54. The molecule has 30 heavy (non-hydrogen) atoms. The number of alkyl halides is 3. The van der Waals surface area contributed by atoms with E-state index in [1.165, 1.54) is 6.92 Å². The van der Waals surface area contributed by atoms with Gasteiger partial charge in [-0.15, -0.1) is 0 Å². The number of amides is 2. The average molecular weight is 434 g/mol. The van der Waals surface area contributed by atoms with Crippen LogP contribution in [0, 0.1) is 21.8 Å². The molecule has 10 nitrogen and oxygen atoms in total. The van der Waals surface area contributed by atoms with Crippen LogP contribution in [0.1, 0.15) is 12.5 Å². The number of benzene rings is 1. The van der Waals surface area contributed by atoms with Gasteiger partial charge in [0.25, 0.3) is 5.69 Å². The molecule has 0 saturated carbocycles. The minimum atomic E-state index is -5.04. The fourth-order valence-electron chi connectivity index (χ4n) is 3.65. The number of fused-ring (bicyclic) bond motifs is 1. The zero-order chi connectivity index (χ0) is 22.4. The lowest BCUT2D eigenvalue weighted by Gasteiger charge is -2.40. The van der Waals surface area contributed by atoms with Gasteiger partial charge in [-0.1, -0.05) is 0 Å². The number of carboxylic acid groups (broad SMARTS) is 1. The number of hydrogen-bond acceptors (Lipinski definition) is 6. The lowest BCUT2D eigenvalue weighted by molar-refractivity contribution is -0.385. The van der Waals surface area contributed by atoms with Gasteiger partial charge >= 0.3 is 12.3 Å². The van der Waals surface area contributed by atoms with Crippen LogP contribution in [0.2, 0.25) is 0 Å². The predicted octanol–water partition coefficient (Wildman–Crippen LogP) is 1.99. The monoisotopic (exact) mass is 434 g/mol. The Balaban J connectivity index is 2.31. The number of halogens is 4. The molecule has 2 aliphatic heterocycles. The Hall–Kier alpha value is -3.29. The van der Waals surface area contributed by atoms with Crippen molar-refractivity contribution < 1.29 is 41.9 Å². The molecule has 2 amide bonds. The summed E-state index contributed by atoms with van der Waals surface area (Å²) in [6.07, 6.45) is -9.38. The number of nitrogens with zero attached hydrogens (tertiary/aromatic N) is 3. The molecule has 0 bridgehead atoms. The molecule has 0 aromatic heterocycles. The molecule has 14 heteroatoms. The van der Waals surface area contributed by atoms with Gasteiger partial charge in [0.2, 0.25) is 11.9 Å². The molecule has 2 N–H and O–H groups in total. The number of nitro benzene ring substituents is 1. The second kappa shape index (κ2) is 7.19. The number of carbonyl (C=O) groups excluding carboxylic acids is 1. The lowest BCUT2D eigenvalue weighted by atomic mass is 9.75. The fourth-order valence-corrected chi connectivity index (χ4v) is 3.65. The summed E-state index contributed by atoms with van der Waals surface area (Å²) >= 11 is 0. The molecule has 1 aromatic carbocycles. The minimum Gasteiger partial charge on any atom is -0.465 e. The number of nitro groups is 1. The molecular formula is C16H14F4N4O6. The summed E-state index contributed by atoms with van der Waals surface area (Å²) in [6.45, 7) is 0.177. The Morgan fingerprint density at radius 3 is 2.70 bits per heavy atom. The second-order valence-electron chi connectivity index (χ2n) is 6.54. The zero-order valence-electron chi connectivity index (χ0n) is 15.1. The molecule has 0 unspecified atom stereocenters. The standard InChI is InChI=1S/C16H14F4N4O6/c1-2-23-12(25)10-11(16(18,19)20)30-6-15(10,22-13(23)21-14(26)27)8-5-7(24(28)29)3-4-9(8)17/h3-5,10-11H,2,6H2,1H3,(H,21,22)(H,26,27)/t10-,11-,15+/m0/s1. The van der Waals surface area contributed by atoms with E-state index in [1.54, 1.807) is 0 Å². The molecule has 2 heterocycles. The van der Waals surface area contributed by atoms with Crippen molar-refractivity contribution in [3.63, 3.8) is 0 Å². The SMILES string of the molecule is CCN1C(=O)[C@@H]2[C@@H](C(F)(F)F)OC[C@]2(c2cc([N+](=O)[O-])ccc2F)N=C1NC(=O)O. The summed E-state index contributed by atoms with van der Waals surface area (Å²) in [5.41, 5.74) is -3.69. The van der Waals surface area contributed by atoms with Gasteiger partial charge in [-0.3, -0.25) is 25.1 Å². The van der Waals surface area contributed by atoms with Crippen molar-refractivity contribution in [2.24, 2.45) is 10.9 Å². The molecule has 2 aliphatic rings. The Morgan fingerprint density at radius 1 is 1.50 bits per heavy atom. The fraction of sp³-hybridized carbons (Fsp3) is 0.438. The summed E-state index contributed by atoms with van der Waals surface area (Å²) in [4.78, 5) is 38.9. The predicted molar refractivity (Wildman–Crippen MR) is 90.0 cm³/mol. The third-order valence-electron chi connectivity index (χ3n) is 4.88. The first kappa shape index (κ1) is 21.4.